The van der Waals surface area contributed by atoms with E-state index in [9.17, 15) is 5.26 Å². The minimum atomic E-state index is 0.270. The molecule has 7 heteroatoms. The van der Waals surface area contributed by atoms with Gasteiger partial charge in [-0.05, 0) is 30.1 Å². The summed E-state index contributed by atoms with van der Waals surface area (Å²) in [6.45, 7) is 1.66. The number of nitrogens with zero attached hydrogens (tertiary/aromatic N) is 6. The molecular formula is C15H18N6O. The van der Waals surface area contributed by atoms with Gasteiger partial charge >= 0.3 is 0 Å². The number of nitriles is 1. The second kappa shape index (κ2) is 6.02. The van der Waals surface area contributed by atoms with Gasteiger partial charge in [-0.3, -0.25) is 0 Å². The lowest BCUT2D eigenvalue weighted by molar-refractivity contribution is 0.329. The van der Waals surface area contributed by atoms with Gasteiger partial charge in [-0.15, -0.1) is 0 Å². The Labute approximate surface area is 129 Å². The van der Waals surface area contributed by atoms with Crippen LogP contribution in [0.5, 0.6) is 0 Å². The van der Waals surface area contributed by atoms with E-state index in [-0.39, 0.29) is 5.92 Å². The Morgan fingerprint density at radius 2 is 2.14 bits per heavy atom. The van der Waals surface area contributed by atoms with Crippen molar-refractivity contribution in [1.82, 2.24) is 15.1 Å². The van der Waals surface area contributed by atoms with Crippen molar-refractivity contribution < 1.29 is 4.52 Å². The molecule has 7 nitrogen and oxygen atoms in total. The van der Waals surface area contributed by atoms with Gasteiger partial charge in [-0.2, -0.15) is 10.2 Å². The maximum atomic E-state index is 9.18. The Morgan fingerprint density at radius 3 is 2.77 bits per heavy atom. The quantitative estimate of drug-likeness (QED) is 0.854. The van der Waals surface area contributed by atoms with Crippen molar-refractivity contribution >= 4 is 11.8 Å². The Bertz CT molecular complexity index is 681. The van der Waals surface area contributed by atoms with Crippen molar-refractivity contribution in [3.63, 3.8) is 0 Å². The van der Waals surface area contributed by atoms with Gasteiger partial charge in [-0.25, -0.2) is 4.98 Å². The molecule has 0 saturated carbocycles. The first-order valence-electron chi connectivity index (χ1n) is 7.30. The third kappa shape index (κ3) is 2.72. The SMILES string of the molecule is CN(C)c1noc(C2CCN(c3ncccc3C#N)CC2)n1. The standard InChI is InChI=1S/C15H18N6O/c1-20(2)15-18-14(22-19-15)11-5-8-21(9-6-11)13-12(10-16)4-3-7-17-13/h3-4,7,11H,5-6,8-9H2,1-2H3. The van der Waals surface area contributed by atoms with Gasteiger partial charge < -0.3 is 14.3 Å². The molecule has 0 spiro atoms. The summed E-state index contributed by atoms with van der Waals surface area (Å²) in [5, 5.41) is 13.1. The maximum Gasteiger partial charge on any atom is 0.265 e. The average Bonchev–Trinajstić information content (AvgIpc) is 3.05. The first-order valence-corrected chi connectivity index (χ1v) is 7.30. The highest BCUT2D eigenvalue weighted by molar-refractivity contribution is 5.53. The zero-order chi connectivity index (χ0) is 15.5. The summed E-state index contributed by atoms with van der Waals surface area (Å²) >= 11 is 0. The van der Waals surface area contributed by atoms with Crippen LogP contribution in [0.2, 0.25) is 0 Å². The summed E-state index contributed by atoms with van der Waals surface area (Å²) in [5.41, 5.74) is 0.619. The lowest BCUT2D eigenvalue weighted by Gasteiger charge is -2.31. The van der Waals surface area contributed by atoms with Crippen LogP contribution in [0.4, 0.5) is 11.8 Å². The van der Waals surface area contributed by atoms with Gasteiger partial charge in [0.2, 0.25) is 5.89 Å². The summed E-state index contributed by atoms with van der Waals surface area (Å²) in [4.78, 5) is 12.7. The maximum absolute atomic E-state index is 9.18. The largest absolute Gasteiger partial charge is 0.355 e. The van der Waals surface area contributed by atoms with Gasteiger partial charge in [-0.1, -0.05) is 0 Å². The first kappa shape index (κ1) is 14.3. The predicted molar refractivity (Wildman–Crippen MR) is 81.8 cm³/mol. The van der Waals surface area contributed by atoms with E-state index in [1.165, 1.54) is 0 Å². The van der Waals surface area contributed by atoms with E-state index in [2.05, 4.69) is 26.1 Å². The van der Waals surface area contributed by atoms with Crippen molar-refractivity contribution in [2.45, 2.75) is 18.8 Å². The van der Waals surface area contributed by atoms with Crippen LogP contribution in [0.15, 0.2) is 22.9 Å². The molecule has 0 atom stereocenters. The Morgan fingerprint density at radius 1 is 1.36 bits per heavy atom. The fourth-order valence-electron chi connectivity index (χ4n) is 2.65. The van der Waals surface area contributed by atoms with Crippen LogP contribution in [0, 0.1) is 11.3 Å². The molecule has 3 heterocycles. The summed E-state index contributed by atoms with van der Waals surface area (Å²) in [5.74, 6) is 2.34. The van der Waals surface area contributed by atoms with Gasteiger partial charge in [0.15, 0.2) is 0 Å². The zero-order valence-corrected chi connectivity index (χ0v) is 12.7. The molecule has 0 unspecified atom stereocenters. The van der Waals surface area contributed by atoms with Gasteiger partial charge in [0.25, 0.3) is 5.95 Å². The molecule has 1 aliphatic heterocycles. The molecule has 2 aromatic rings. The second-order valence-electron chi connectivity index (χ2n) is 5.57. The molecule has 22 heavy (non-hydrogen) atoms. The summed E-state index contributed by atoms with van der Waals surface area (Å²) in [6, 6.07) is 5.79. The third-order valence-corrected chi connectivity index (χ3v) is 3.88. The number of anilines is 2. The second-order valence-corrected chi connectivity index (χ2v) is 5.57. The highest BCUT2D eigenvalue weighted by Crippen LogP contribution is 2.30. The number of piperidine rings is 1. The number of pyridine rings is 1. The molecule has 114 valence electrons. The number of hydrogen-bond acceptors (Lipinski definition) is 7. The third-order valence-electron chi connectivity index (χ3n) is 3.88. The number of rotatable bonds is 3. The first-order chi connectivity index (χ1) is 10.7. The lowest BCUT2D eigenvalue weighted by Crippen LogP contribution is -2.34. The topological polar surface area (TPSA) is 82.1 Å². The molecule has 0 amide bonds. The molecule has 0 N–H and O–H groups in total. The Balaban J connectivity index is 1.68. The molecule has 3 rings (SSSR count). The van der Waals surface area contributed by atoms with E-state index in [4.69, 9.17) is 4.52 Å². The van der Waals surface area contributed by atoms with Crippen LogP contribution in [0.3, 0.4) is 0 Å². The van der Waals surface area contributed by atoms with Crippen LogP contribution >= 0.6 is 0 Å². The van der Waals surface area contributed by atoms with Crippen LogP contribution in [0.25, 0.3) is 0 Å². The molecule has 1 saturated heterocycles. The van der Waals surface area contributed by atoms with Crippen molar-refractivity contribution in [3.8, 4) is 6.07 Å². The molecule has 0 bridgehead atoms. The van der Waals surface area contributed by atoms with Crippen LogP contribution in [-0.4, -0.2) is 42.3 Å². The van der Waals surface area contributed by atoms with Crippen molar-refractivity contribution in [1.29, 1.82) is 5.26 Å². The van der Waals surface area contributed by atoms with Crippen LogP contribution < -0.4 is 9.80 Å². The van der Waals surface area contributed by atoms with E-state index in [0.29, 0.717) is 17.4 Å². The Hall–Kier alpha value is -2.62. The molecule has 1 fully saturated rings. The minimum absolute atomic E-state index is 0.270. The van der Waals surface area contributed by atoms with Crippen molar-refractivity contribution in [3.05, 3.63) is 29.8 Å². The molecule has 0 aliphatic carbocycles. The van der Waals surface area contributed by atoms with Crippen LogP contribution in [0.1, 0.15) is 30.2 Å². The number of hydrogen-bond donors (Lipinski definition) is 0. The minimum Gasteiger partial charge on any atom is -0.355 e. The highest BCUT2D eigenvalue weighted by atomic mass is 16.5. The van der Waals surface area contributed by atoms with Gasteiger partial charge in [0.05, 0.1) is 5.56 Å². The van der Waals surface area contributed by atoms with E-state index in [1.807, 2.05) is 19.0 Å². The normalized spacial score (nSPS) is 15.6. The fraction of sp³-hybridized carbons (Fsp3) is 0.467. The lowest BCUT2D eigenvalue weighted by atomic mass is 9.96. The van der Waals surface area contributed by atoms with Gasteiger partial charge in [0.1, 0.15) is 11.9 Å². The summed E-state index contributed by atoms with van der Waals surface area (Å²) in [7, 11) is 3.78. The Kier molecular flexibility index (Phi) is 3.92. The van der Waals surface area contributed by atoms with Crippen molar-refractivity contribution in [2.75, 3.05) is 37.0 Å². The summed E-state index contributed by atoms with van der Waals surface area (Å²) in [6.07, 6.45) is 3.55. The van der Waals surface area contributed by atoms with E-state index < -0.39 is 0 Å². The van der Waals surface area contributed by atoms with Crippen LogP contribution in [-0.2, 0) is 0 Å². The molecule has 2 aromatic heterocycles. The molecule has 1 aliphatic rings. The number of aromatic nitrogens is 3. The predicted octanol–water partition coefficient (Wildman–Crippen LogP) is 1.79. The van der Waals surface area contributed by atoms with Gasteiger partial charge in [0, 0.05) is 39.3 Å². The average molecular weight is 298 g/mol. The molecular weight excluding hydrogens is 280 g/mol. The smallest absolute Gasteiger partial charge is 0.265 e. The monoisotopic (exact) mass is 298 g/mol. The zero-order valence-electron chi connectivity index (χ0n) is 12.7. The highest BCUT2D eigenvalue weighted by Gasteiger charge is 2.27. The van der Waals surface area contributed by atoms with Crippen molar-refractivity contribution in [2.24, 2.45) is 0 Å². The van der Waals surface area contributed by atoms with E-state index >= 15 is 0 Å². The molecule has 0 aromatic carbocycles. The van der Waals surface area contributed by atoms with E-state index in [0.717, 1.165) is 31.7 Å². The van der Waals surface area contributed by atoms with E-state index in [1.54, 1.807) is 18.3 Å². The summed E-state index contributed by atoms with van der Waals surface area (Å²) < 4.78 is 5.36. The fourth-order valence-corrected chi connectivity index (χ4v) is 2.65. The molecule has 0 radical (unpaired) electrons.